The fourth-order valence-corrected chi connectivity index (χ4v) is 2.56. The summed E-state index contributed by atoms with van der Waals surface area (Å²) in [5.74, 6) is 0.745. The molecule has 0 aliphatic carbocycles. The van der Waals surface area contributed by atoms with Crippen molar-refractivity contribution >= 4 is 17.4 Å². The second-order valence-electron chi connectivity index (χ2n) is 5.50. The molecule has 1 heterocycles. The number of nitrogens with two attached hydrogens (primary N) is 1. The highest BCUT2D eigenvalue weighted by Crippen LogP contribution is 2.36. The van der Waals surface area contributed by atoms with Crippen LogP contribution in [0.25, 0.3) is 11.3 Å². The van der Waals surface area contributed by atoms with Crippen LogP contribution in [-0.2, 0) is 5.54 Å². The van der Waals surface area contributed by atoms with E-state index in [4.69, 9.17) is 17.3 Å². The van der Waals surface area contributed by atoms with E-state index < -0.39 is 5.82 Å². The first-order chi connectivity index (χ1) is 8.73. The molecule has 19 heavy (non-hydrogen) atoms. The van der Waals surface area contributed by atoms with Gasteiger partial charge < -0.3 is 10.3 Å². The van der Waals surface area contributed by atoms with Gasteiger partial charge in [0.1, 0.15) is 23.2 Å². The Bertz CT molecular complexity index is 606. The summed E-state index contributed by atoms with van der Waals surface area (Å²) >= 11 is 6.07. The number of benzene rings is 1. The molecule has 0 bridgehead atoms. The van der Waals surface area contributed by atoms with Gasteiger partial charge in [-0.3, -0.25) is 0 Å². The minimum absolute atomic E-state index is 0.225. The minimum Gasteiger partial charge on any atom is -0.383 e. The number of aryl methyl sites for hydroxylation is 1. The molecular formula is C14H17ClFN3. The smallest absolute Gasteiger partial charge is 0.134 e. The van der Waals surface area contributed by atoms with Crippen LogP contribution in [0.3, 0.4) is 0 Å². The third-order valence-electron chi connectivity index (χ3n) is 2.95. The maximum absolute atomic E-state index is 14.0. The van der Waals surface area contributed by atoms with Crippen molar-refractivity contribution in [2.24, 2.45) is 0 Å². The van der Waals surface area contributed by atoms with Gasteiger partial charge in [0.2, 0.25) is 0 Å². The molecule has 3 nitrogen and oxygen atoms in total. The highest BCUT2D eigenvalue weighted by Gasteiger charge is 2.24. The Balaban J connectivity index is 2.73. The zero-order valence-electron chi connectivity index (χ0n) is 11.5. The number of hydrogen-bond acceptors (Lipinski definition) is 2. The van der Waals surface area contributed by atoms with E-state index >= 15 is 0 Å². The molecule has 0 saturated carbocycles. The lowest BCUT2D eigenvalue weighted by Gasteiger charge is -2.24. The van der Waals surface area contributed by atoms with Crippen LogP contribution in [0.15, 0.2) is 18.2 Å². The maximum atomic E-state index is 14.0. The molecule has 0 saturated heterocycles. The summed E-state index contributed by atoms with van der Waals surface area (Å²) in [7, 11) is 0. The van der Waals surface area contributed by atoms with E-state index in [0.717, 1.165) is 5.82 Å². The molecule has 0 amide bonds. The minimum atomic E-state index is -0.419. The molecule has 0 fully saturated rings. The van der Waals surface area contributed by atoms with E-state index in [9.17, 15) is 4.39 Å². The Hall–Kier alpha value is -1.55. The number of rotatable bonds is 1. The third kappa shape index (κ3) is 2.32. The lowest BCUT2D eigenvalue weighted by molar-refractivity contribution is 0.393. The molecule has 0 radical (unpaired) electrons. The number of halogens is 2. The number of hydrogen-bond donors (Lipinski definition) is 1. The Morgan fingerprint density at radius 1 is 1.32 bits per heavy atom. The summed E-state index contributed by atoms with van der Waals surface area (Å²) in [4.78, 5) is 4.38. The fraction of sp³-hybridized carbons (Fsp3) is 0.357. The van der Waals surface area contributed by atoms with E-state index in [1.54, 1.807) is 12.1 Å². The Kier molecular flexibility index (Phi) is 3.31. The molecule has 0 unspecified atom stereocenters. The van der Waals surface area contributed by atoms with Gasteiger partial charge in [0.05, 0.1) is 10.6 Å². The Morgan fingerprint density at radius 3 is 2.42 bits per heavy atom. The lowest BCUT2D eigenvalue weighted by Crippen LogP contribution is -2.24. The average Bonchev–Trinajstić information content (AvgIpc) is 2.53. The average molecular weight is 282 g/mol. The summed E-state index contributed by atoms with van der Waals surface area (Å²) < 4.78 is 15.8. The molecule has 0 aliphatic heterocycles. The van der Waals surface area contributed by atoms with Crippen LogP contribution >= 0.6 is 11.6 Å². The first kappa shape index (κ1) is 13.9. The van der Waals surface area contributed by atoms with Crippen molar-refractivity contribution in [2.45, 2.75) is 33.2 Å². The van der Waals surface area contributed by atoms with Crippen molar-refractivity contribution in [1.29, 1.82) is 0 Å². The molecular weight excluding hydrogens is 265 g/mol. The SMILES string of the molecule is Cc1nc(-c2c(F)cccc2Cl)c(N)n1C(C)(C)C. The van der Waals surface area contributed by atoms with E-state index in [2.05, 4.69) is 4.98 Å². The summed E-state index contributed by atoms with van der Waals surface area (Å²) in [6.07, 6.45) is 0. The standard InChI is InChI=1S/C14H17ClFN3/c1-8-18-12(13(17)19(8)14(2,3)4)11-9(15)6-5-7-10(11)16/h5-7H,17H2,1-4H3. The summed E-state index contributed by atoms with van der Waals surface area (Å²) in [5.41, 5.74) is 6.57. The Labute approximate surface area is 117 Å². The predicted molar refractivity (Wildman–Crippen MR) is 76.8 cm³/mol. The van der Waals surface area contributed by atoms with Gasteiger partial charge in [-0.25, -0.2) is 9.37 Å². The van der Waals surface area contributed by atoms with Gasteiger partial charge >= 0.3 is 0 Å². The third-order valence-corrected chi connectivity index (χ3v) is 3.27. The van der Waals surface area contributed by atoms with Crippen LogP contribution in [-0.4, -0.2) is 9.55 Å². The number of aromatic nitrogens is 2. The van der Waals surface area contributed by atoms with Crippen molar-refractivity contribution in [3.8, 4) is 11.3 Å². The molecule has 2 aromatic rings. The second-order valence-corrected chi connectivity index (χ2v) is 5.90. The summed E-state index contributed by atoms with van der Waals surface area (Å²) in [6, 6.07) is 4.54. The molecule has 102 valence electrons. The largest absolute Gasteiger partial charge is 0.383 e. The Morgan fingerprint density at radius 2 is 1.95 bits per heavy atom. The van der Waals surface area contributed by atoms with E-state index in [0.29, 0.717) is 16.5 Å². The first-order valence-electron chi connectivity index (χ1n) is 6.03. The van der Waals surface area contributed by atoms with Gasteiger partial charge in [0, 0.05) is 5.54 Å². The van der Waals surface area contributed by atoms with Gasteiger partial charge in [-0.2, -0.15) is 0 Å². The van der Waals surface area contributed by atoms with E-state index in [1.165, 1.54) is 6.07 Å². The van der Waals surface area contributed by atoms with Crippen LogP contribution in [0.4, 0.5) is 10.2 Å². The monoisotopic (exact) mass is 281 g/mol. The topological polar surface area (TPSA) is 43.8 Å². The van der Waals surface area contributed by atoms with Gasteiger partial charge in [-0.15, -0.1) is 0 Å². The molecule has 2 rings (SSSR count). The summed E-state index contributed by atoms with van der Waals surface area (Å²) in [6.45, 7) is 7.90. The fourth-order valence-electron chi connectivity index (χ4n) is 2.30. The van der Waals surface area contributed by atoms with Gasteiger partial charge in [0.15, 0.2) is 0 Å². The highest BCUT2D eigenvalue weighted by molar-refractivity contribution is 6.33. The number of nitrogens with zero attached hydrogens (tertiary/aromatic N) is 2. The number of anilines is 1. The first-order valence-corrected chi connectivity index (χ1v) is 6.41. The van der Waals surface area contributed by atoms with Gasteiger partial charge in [-0.05, 0) is 39.8 Å². The van der Waals surface area contributed by atoms with Crippen molar-refractivity contribution in [3.05, 3.63) is 34.9 Å². The molecule has 5 heteroatoms. The zero-order valence-corrected chi connectivity index (χ0v) is 12.2. The zero-order chi connectivity index (χ0) is 14.4. The van der Waals surface area contributed by atoms with E-state index in [-0.39, 0.29) is 11.1 Å². The predicted octanol–water partition coefficient (Wildman–Crippen LogP) is 3.99. The molecule has 0 atom stereocenters. The number of imidazole rings is 1. The normalized spacial score (nSPS) is 11.9. The maximum Gasteiger partial charge on any atom is 0.134 e. The van der Waals surface area contributed by atoms with Crippen LogP contribution < -0.4 is 5.73 Å². The quantitative estimate of drug-likeness (QED) is 0.859. The van der Waals surface area contributed by atoms with Crippen LogP contribution in [0, 0.1) is 12.7 Å². The van der Waals surface area contributed by atoms with Crippen molar-refractivity contribution in [2.75, 3.05) is 5.73 Å². The highest BCUT2D eigenvalue weighted by atomic mass is 35.5. The molecule has 0 spiro atoms. The van der Waals surface area contributed by atoms with Crippen LogP contribution in [0.2, 0.25) is 5.02 Å². The lowest BCUT2D eigenvalue weighted by atomic mass is 10.1. The van der Waals surface area contributed by atoms with E-state index in [1.807, 2.05) is 32.3 Å². The van der Waals surface area contributed by atoms with Crippen LogP contribution in [0.5, 0.6) is 0 Å². The van der Waals surface area contributed by atoms with Crippen molar-refractivity contribution < 1.29 is 4.39 Å². The summed E-state index contributed by atoms with van der Waals surface area (Å²) in [5, 5.41) is 0.310. The van der Waals surface area contributed by atoms with Gasteiger partial charge in [-0.1, -0.05) is 17.7 Å². The van der Waals surface area contributed by atoms with Crippen molar-refractivity contribution in [1.82, 2.24) is 9.55 Å². The number of nitrogen functional groups attached to an aromatic ring is 1. The van der Waals surface area contributed by atoms with Crippen LogP contribution in [0.1, 0.15) is 26.6 Å². The van der Waals surface area contributed by atoms with Crippen molar-refractivity contribution in [3.63, 3.8) is 0 Å². The second kappa shape index (κ2) is 4.53. The van der Waals surface area contributed by atoms with Gasteiger partial charge in [0.25, 0.3) is 0 Å². The molecule has 2 N–H and O–H groups in total. The molecule has 1 aromatic carbocycles. The molecule has 0 aliphatic rings. The molecule has 1 aromatic heterocycles.